The van der Waals surface area contributed by atoms with Crippen LogP contribution in [0.5, 0.6) is 0 Å². The molecule has 0 aliphatic rings. The molecule has 13 heavy (non-hydrogen) atoms. The molecule has 1 aromatic heterocycles. The Morgan fingerprint density at radius 3 is 2.38 bits per heavy atom. The van der Waals surface area contributed by atoms with Crippen LogP contribution < -0.4 is 5.56 Å². The summed E-state index contributed by atoms with van der Waals surface area (Å²) in [5, 5.41) is 0. The van der Waals surface area contributed by atoms with Crippen molar-refractivity contribution in [2.75, 3.05) is 0 Å². The summed E-state index contributed by atoms with van der Waals surface area (Å²) in [6, 6.07) is 1.85. The number of carbonyl (C=O) groups is 1. The fourth-order valence-electron chi connectivity index (χ4n) is 1.41. The Bertz CT molecular complexity index is 416. The van der Waals surface area contributed by atoms with E-state index in [0.29, 0.717) is 5.56 Å². The first-order chi connectivity index (χ1) is 5.95. The van der Waals surface area contributed by atoms with Gasteiger partial charge in [-0.2, -0.15) is 0 Å². The lowest BCUT2D eigenvalue weighted by atomic mass is 10.1. The summed E-state index contributed by atoms with van der Waals surface area (Å²) < 4.78 is 1.49. The maximum atomic E-state index is 11.6. The molecular formula is C10H13NO2. The van der Waals surface area contributed by atoms with Crippen LogP contribution >= 0.6 is 0 Å². The zero-order valence-electron chi connectivity index (χ0n) is 8.34. The Balaban J connectivity index is 3.63. The topological polar surface area (TPSA) is 39.1 Å². The van der Waals surface area contributed by atoms with Crippen molar-refractivity contribution in [2.45, 2.75) is 20.8 Å². The lowest BCUT2D eigenvalue weighted by Crippen LogP contribution is -2.26. The van der Waals surface area contributed by atoms with Gasteiger partial charge in [0.05, 0.1) is 5.56 Å². The van der Waals surface area contributed by atoms with Crippen LogP contribution in [0.1, 0.15) is 28.5 Å². The highest BCUT2D eigenvalue weighted by molar-refractivity contribution is 5.95. The molecule has 1 heterocycles. The number of hydrogen-bond acceptors (Lipinski definition) is 2. The minimum Gasteiger partial charge on any atom is -0.315 e. The van der Waals surface area contributed by atoms with Crippen LogP contribution in [0.15, 0.2) is 10.9 Å². The molecule has 0 N–H and O–H groups in total. The van der Waals surface area contributed by atoms with Crippen molar-refractivity contribution in [2.24, 2.45) is 7.05 Å². The average Bonchev–Trinajstić information content (AvgIpc) is 1.99. The Kier molecular flexibility index (Phi) is 2.36. The van der Waals surface area contributed by atoms with Crippen molar-refractivity contribution < 1.29 is 4.79 Å². The molecule has 3 nitrogen and oxygen atoms in total. The van der Waals surface area contributed by atoms with E-state index in [2.05, 4.69) is 0 Å². The highest BCUT2D eigenvalue weighted by Gasteiger charge is 2.11. The molecule has 0 radical (unpaired) electrons. The van der Waals surface area contributed by atoms with Crippen LogP contribution in [0.3, 0.4) is 0 Å². The SMILES string of the molecule is CC(=O)c1c(C)cc(C)n(C)c1=O. The summed E-state index contributed by atoms with van der Waals surface area (Å²) in [5.41, 5.74) is 1.72. The van der Waals surface area contributed by atoms with Gasteiger partial charge in [-0.25, -0.2) is 0 Å². The van der Waals surface area contributed by atoms with Gasteiger partial charge < -0.3 is 4.57 Å². The van der Waals surface area contributed by atoms with Crippen molar-refractivity contribution >= 4 is 5.78 Å². The van der Waals surface area contributed by atoms with Crippen molar-refractivity contribution in [3.63, 3.8) is 0 Å². The lowest BCUT2D eigenvalue weighted by molar-refractivity contribution is 0.101. The van der Waals surface area contributed by atoms with Crippen LogP contribution in [-0.4, -0.2) is 10.4 Å². The molecule has 0 aliphatic heterocycles. The van der Waals surface area contributed by atoms with Crippen molar-refractivity contribution in [3.8, 4) is 0 Å². The second-order valence-corrected chi connectivity index (χ2v) is 3.26. The molecular weight excluding hydrogens is 166 g/mol. The first-order valence-corrected chi connectivity index (χ1v) is 4.13. The Morgan fingerprint density at radius 1 is 1.38 bits per heavy atom. The number of Topliss-reactive ketones (excluding diaryl/α,β-unsaturated/α-hetero) is 1. The molecule has 0 unspecified atom stereocenters. The Hall–Kier alpha value is -1.38. The minimum atomic E-state index is -0.204. The van der Waals surface area contributed by atoms with Gasteiger partial charge >= 0.3 is 0 Å². The normalized spacial score (nSPS) is 10.2. The Labute approximate surface area is 77.0 Å². The van der Waals surface area contributed by atoms with Crippen LogP contribution in [-0.2, 0) is 7.05 Å². The third-order valence-electron chi connectivity index (χ3n) is 2.22. The zero-order valence-corrected chi connectivity index (χ0v) is 8.34. The Morgan fingerprint density at radius 2 is 1.92 bits per heavy atom. The number of carbonyl (C=O) groups excluding carboxylic acids is 1. The van der Waals surface area contributed by atoms with Crippen molar-refractivity contribution in [3.05, 3.63) is 33.2 Å². The number of pyridine rings is 1. The molecule has 0 atom stereocenters. The molecule has 0 aliphatic carbocycles. The lowest BCUT2D eigenvalue weighted by Gasteiger charge is -2.07. The number of nitrogens with zero attached hydrogens (tertiary/aromatic N) is 1. The van der Waals surface area contributed by atoms with Crippen molar-refractivity contribution in [1.82, 2.24) is 4.57 Å². The maximum Gasteiger partial charge on any atom is 0.261 e. The van der Waals surface area contributed by atoms with Gasteiger partial charge in [-0.3, -0.25) is 9.59 Å². The predicted octanol–water partition coefficient (Wildman–Crippen LogP) is 1.20. The van der Waals surface area contributed by atoms with Crippen LogP contribution in [0, 0.1) is 13.8 Å². The second-order valence-electron chi connectivity index (χ2n) is 3.26. The third kappa shape index (κ3) is 1.54. The average molecular weight is 179 g/mol. The number of ketones is 1. The van der Waals surface area contributed by atoms with E-state index >= 15 is 0 Å². The number of hydrogen-bond donors (Lipinski definition) is 0. The highest BCUT2D eigenvalue weighted by atomic mass is 16.1. The molecule has 0 fully saturated rings. The fraction of sp³-hybridized carbons (Fsp3) is 0.400. The number of aryl methyl sites for hydroxylation is 2. The molecule has 3 heteroatoms. The van der Waals surface area contributed by atoms with Crippen LogP contribution in [0.25, 0.3) is 0 Å². The van der Waals surface area contributed by atoms with Gasteiger partial charge in [0.1, 0.15) is 0 Å². The smallest absolute Gasteiger partial charge is 0.261 e. The molecule has 0 bridgehead atoms. The van der Waals surface area contributed by atoms with Gasteiger partial charge in [-0.15, -0.1) is 0 Å². The first-order valence-electron chi connectivity index (χ1n) is 4.13. The van der Waals surface area contributed by atoms with Crippen LogP contribution in [0.2, 0.25) is 0 Å². The molecule has 0 saturated heterocycles. The van der Waals surface area contributed by atoms with Gasteiger partial charge in [0, 0.05) is 12.7 Å². The van der Waals surface area contributed by atoms with Gasteiger partial charge in [0.2, 0.25) is 0 Å². The molecule has 0 spiro atoms. The molecule has 0 aromatic carbocycles. The van der Waals surface area contributed by atoms with E-state index in [9.17, 15) is 9.59 Å². The minimum absolute atomic E-state index is 0.168. The summed E-state index contributed by atoms with van der Waals surface area (Å²) in [5.74, 6) is -0.168. The quantitative estimate of drug-likeness (QED) is 0.608. The monoisotopic (exact) mass is 179 g/mol. The first kappa shape index (κ1) is 9.71. The predicted molar refractivity (Wildman–Crippen MR) is 51.2 cm³/mol. The fourth-order valence-corrected chi connectivity index (χ4v) is 1.41. The zero-order chi connectivity index (χ0) is 10.2. The number of rotatable bonds is 1. The summed E-state index contributed by atoms with van der Waals surface area (Å²) in [4.78, 5) is 22.7. The van der Waals surface area contributed by atoms with E-state index in [4.69, 9.17) is 0 Å². The maximum absolute atomic E-state index is 11.6. The van der Waals surface area contributed by atoms with Crippen LogP contribution in [0.4, 0.5) is 0 Å². The molecule has 0 amide bonds. The van der Waals surface area contributed by atoms with E-state index in [1.165, 1.54) is 11.5 Å². The third-order valence-corrected chi connectivity index (χ3v) is 2.22. The summed E-state index contributed by atoms with van der Waals surface area (Å²) in [6.07, 6.45) is 0. The van der Waals surface area contributed by atoms with Gasteiger partial charge in [-0.1, -0.05) is 0 Å². The summed E-state index contributed by atoms with van der Waals surface area (Å²) in [6.45, 7) is 5.04. The van der Waals surface area contributed by atoms with E-state index in [1.54, 1.807) is 14.0 Å². The summed E-state index contributed by atoms with van der Waals surface area (Å²) in [7, 11) is 1.67. The van der Waals surface area contributed by atoms with E-state index < -0.39 is 0 Å². The molecule has 1 rings (SSSR count). The standard InChI is InChI=1S/C10H13NO2/c1-6-5-7(2)11(4)10(13)9(6)8(3)12/h5H,1-4H3. The van der Waals surface area contributed by atoms with E-state index in [-0.39, 0.29) is 11.3 Å². The van der Waals surface area contributed by atoms with Crippen molar-refractivity contribution in [1.29, 1.82) is 0 Å². The highest BCUT2D eigenvalue weighted by Crippen LogP contribution is 2.05. The molecule has 70 valence electrons. The molecule has 1 aromatic rings. The van der Waals surface area contributed by atoms with Gasteiger partial charge in [-0.05, 0) is 32.4 Å². The second kappa shape index (κ2) is 3.17. The molecule has 0 saturated carbocycles. The summed E-state index contributed by atoms with van der Waals surface area (Å²) >= 11 is 0. The van der Waals surface area contributed by atoms with Gasteiger partial charge in [0.25, 0.3) is 5.56 Å². The largest absolute Gasteiger partial charge is 0.315 e. The van der Waals surface area contributed by atoms with E-state index in [0.717, 1.165) is 11.3 Å². The van der Waals surface area contributed by atoms with Gasteiger partial charge in [0.15, 0.2) is 5.78 Å². The number of aromatic nitrogens is 1. The van der Waals surface area contributed by atoms with E-state index in [1.807, 2.05) is 13.0 Å².